The molecule has 0 aliphatic heterocycles. The average Bonchev–Trinajstić information content (AvgIpc) is 2.56. The minimum absolute atomic E-state index is 0.187. The highest BCUT2D eigenvalue weighted by Gasteiger charge is 2.05. The van der Waals surface area contributed by atoms with E-state index in [4.69, 9.17) is 4.74 Å². The Morgan fingerprint density at radius 1 is 1.14 bits per heavy atom. The maximum atomic E-state index is 11.8. The number of ether oxygens (including phenoxy) is 1. The summed E-state index contributed by atoms with van der Waals surface area (Å²) in [7, 11) is 1.60. The van der Waals surface area contributed by atoms with E-state index in [9.17, 15) is 4.79 Å². The second-order valence-electron chi connectivity index (χ2n) is 4.84. The fourth-order valence-corrected chi connectivity index (χ4v) is 1.99. The molecular weight excluding hydrogens is 278 g/mol. The van der Waals surface area contributed by atoms with E-state index >= 15 is 0 Å². The molecular formula is C17H21N3O2. The number of hydrogen-bond donors (Lipinski definition) is 2. The number of aromatic nitrogens is 1. The predicted octanol–water partition coefficient (Wildman–Crippen LogP) is 2.11. The summed E-state index contributed by atoms with van der Waals surface area (Å²) in [4.78, 5) is 15.9. The van der Waals surface area contributed by atoms with Crippen molar-refractivity contribution in [2.75, 3.05) is 32.1 Å². The van der Waals surface area contributed by atoms with Crippen LogP contribution in [0.3, 0.4) is 0 Å². The highest BCUT2D eigenvalue weighted by Crippen LogP contribution is 2.07. The quantitative estimate of drug-likeness (QED) is 0.733. The van der Waals surface area contributed by atoms with Crippen LogP contribution < -0.4 is 10.6 Å². The number of hydrogen-bond acceptors (Lipinski definition) is 4. The molecule has 2 rings (SSSR count). The summed E-state index contributed by atoms with van der Waals surface area (Å²) in [6, 6.07) is 13.9. The largest absolute Gasteiger partial charge is 0.383 e. The molecule has 1 heterocycles. The van der Waals surface area contributed by atoms with Crippen molar-refractivity contribution in [2.45, 2.75) is 6.42 Å². The summed E-state index contributed by atoms with van der Waals surface area (Å²) in [5.41, 5.74) is 2.60. The molecule has 1 aromatic carbocycles. The molecule has 0 atom stereocenters. The van der Waals surface area contributed by atoms with Gasteiger partial charge in [-0.1, -0.05) is 30.3 Å². The molecule has 0 aliphatic carbocycles. The fraction of sp³-hybridized carbons (Fsp3) is 0.294. The van der Waals surface area contributed by atoms with Crippen molar-refractivity contribution in [3.05, 3.63) is 59.9 Å². The number of methoxy groups -OCH3 is 1. The van der Waals surface area contributed by atoms with Gasteiger partial charge < -0.3 is 15.4 Å². The lowest BCUT2D eigenvalue weighted by Gasteiger charge is -2.07. The number of amides is 1. The second-order valence-corrected chi connectivity index (χ2v) is 4.84. The lowest BCUT2D eigenvalue weighted by atomic mass is 10.1. The van der Waals surface area contributed by atoms with Crippen molar-refractivity contribution in [3.8, 4) is 0 Å². The Labute approximate surface area is 130 Å². The Hall–Kier alpha value is -2.40. The zero-order valence-electron chi connectivity index (χ0n) is 12.7. The Bertz CT molecular complexity index is 570. The number of pyridine rings is 1. The van der Waals surface area contributed by atoms with Gasteiger partial charge in [0.05, 0.1) is 18.5 Å². The normalized spacial score (nSPS) is 10.2. The maximum absolute atomic E-state index is 11.8. The number of benzene rings is 1. The van der Waals surface area contributed by atoms with E-state index in [0.717, 1.165) is 18.7 Å². The van der Waals surface area contributed by atoms with E-state index in [2.05, 4.69) is 27.8 Å². The predicted molar refractivity (Wildman–Crippen MR) is 87.1 cm³/mol. The summed E-state index contributed by atoms with van der Waals surface area (Å²) in [5.74, 6) is -0.187. The molecule has 0 saturated heterocycles. The second kappa shape index (κ2) is 8.79. The molecule has 2 N–H and O–H groups in total. The first-order valence-electron chi connectivity index (χ1n) is 7.30. The van der Waals surface area contributed by atoms with Crippen LogP contribution in [0.2, 0.25) is 0 Å². The van der Waals surface area contributed by atoms with Crippen LogP contribution in [0.15, 0.2) is 48.7 Å². The number of nitrogens with zero attached hydrogens (tertiary/aromatic N) is 1. The molecule has 0 aliphatic rings. The van der Waals surface area contributed by atoms with Crippen molar-refractivity contribution in [1.29, 1.82) is 0 Å². The number of rotatable bonds is 8. The molecule has 0 spiro atoms. The van der Waals surface area contributed by atoms with Crippen LogP contribution in [-0.4, -0.2) is 37.7 Å². The molecule has 22 heavy (non-hydrogen) atoms. The molecule has 0 radical (unpaired) electrons. The molecule has 1 aromatic heterocycles. The van der Waals surface area contributed by atoms with Crippen LogP contribution in [0.25, 0.3) is 0 Å². The molecule has 2 aromatic rings. The first kappa shape index (κ1) is 16.0. The smallest absolute Gasteiger partial charge is 0.269 e. The fourth-order valence-electron chi connectivity index (χ4n) is 1.99. The van der Waals surface area contributed by atoms with Crippen LogP contribution >= 0.6 is 0 Å². The van der Waals surface area contributed by atoms with E-state index in [1.807, 2.05) is 24.3 Å². The number of nitrogens with one attached hydrogen (secondary N) is 2. The molecule has 0 fully saturated rings. The SMILES string of the molecule is COCCNC(=O)c1ccc(NCCc2ccccc2)cn1. The molecule has 5 nitrogen and oxygen atoms in total. The summed E-state index contributed by atoms with van der Waals surface area (Å²) >= 11 is 0. The van der Waals surface area contributed by atoms with Crippen molar-refractivity contribution in [2.24, 2.45) is 0 Å². The van der Waals surface area contributed by atoms with Crippen LogP contribution in [0.1, 0.15) is 16.1 Å². The summed E-state index contributed by atoms with van der Waals surface area (Å²) in [5, 5.41) is 6.03. The third kappa shape index (κ3) is 5.18. The highest BCUT2D eigenvalue weighted by molar-refractivity contribution is 5.92. The maximum Gasteiger partial charge on any atom is 0.269 e. The minimum Gasteiger partial charge on any atom is -0.383 e. The van der Waals surface area contributed by atoms with Crippen LogP contribution in [0.4, 0.5) is 5.69 Å². The van der Waals surface area contributed by atoms with E-state index < -0.39 is 0 Å². The Balaban J connectivity index is 1.78. The van der Waals surface area contributed by atoms with Gasteiger partial charge in [0.2, 0.25) is 0 Å². The van der Waals surface area contributed by atoms with Crippen molar-refractivity contribution >= 4 is 11.6 Å². The lowest BCUT2D eigenvalue weighted by molar-refractivity contribution is 0.0932. The summed E-state index contributed by atoms with van der Waals surface area (Å²) in [6.45, 7) is 1.80. The zero-order chi connectivity index (χ0) is 15.6. The first-order valence-corrected chi connectivity index (χ1v) is 7.30. The Morgan fingerprint density at radius 3 is 2.64 bits per heavy atom. The Kier molecular flexibility index (Phi) is 6.39. The third-order valence-corrected chi connectivity index (χ3v) is 3.17. The molecule has 0 unspecified atom stereocenters. The van der Waals surface area contributed by atoms with Gasteiger partial charge in [-0.15, -0.1) is 0 Å². The summed E-state index contributed by atoms with van der Waals surface area (Å²) in [6.07, 6.45) is 2.62. The van der Waals surface area contributed by atoms with Gasteiger partial charge in [0.25, 0.3) is 5.91 Å². The van der Waals surface area contributed by atoms with E-state index in [1.165, 1.54) is 5.56 Å². The van der Waals surface area contributed by atoms with Crippen LogP contribution in [-0.2, 0) is 11.2 Å². The minimum atomic E-state index is -0.187. The van der Waals surface area contributed by atoms with E-state index in [1.54, 1.807) is 19.4 Å². The topological polar surface area (TPSA) is 63.2 Å². The van der Waals surface area contributed by atoms with Crippen molar-refractivity contribution in [3.63, 3.8) is 0 Å². The summed E-state index contributed by atoms with van der Waals surface area (Å²) < 4.78 is 4.88. The van der Waals surface area contributed by atoms with Crippen LogP contribution in [0.5, 0.6) is 0 Å². The van der Waals surface area contributed by atoms with Crippen LogP contribution in [0, 0.1) is 0 Å². The molecule has 0 bridgehead atoms. The van der Waals surface area contributed by atoms with Gasteiger partial charge >= 0.3 is 0 Å². The number of carbonyl (C=O) groups excluding carboxylic acids is 1. The molecule has 1 amide bonds. The molecule has 0 saturated carbocycles. The highest BCUT2D eigenvalue weighted by atomic mass is 16.5. The number of anilines is 1. The monoisotopic (exact) mass is 299 g/mol. The standard InChI is InChI=1S/C17H21N3O2/c1-22-12-11-19-17(21)16-8-7-15(13-20-16)18-10-9-14-5-3-2-4-6-14/h2-8,13,18H,9-12H2,1H3,(H,19,21). The van der Waals surface area contributed by atoms with Gasteiger partial charge in [-0.25, -0.2) is 4.98 Å². The van der Waals surface area contributed by atoms with Gasteiger partial charge in [-0.3, -0.25) is 4.79 Å². The molecule has 5 heteroatoms. The Morgan fingerprint density at radius 2 is 1.95 bits per heavy atom. The number of carbonyl (C=O) groups is 1. The van der Waals surface area contributed by atoms with Gasteiger partial charge in [0, 0.05) is 20.2 Å². The van der Waals surface area contributed by atoms with E-state index in [0.29, 0.717) is 18.8 Å². The van der Waals surface area contributed by atoms with E-state index in [-0.39, 0.29) is 5.91 Å². The zero-order valence-corrected chi connectivity index (χ0v) is 12.7. The first-order chi connectivity index (χ1) is 10.8. The van der Waals surface area contributed by atoms with Gasteiger partial charge in [0.15, 0.2) is 0 Å². The lowest BCUT2D eigenvalue weighted by Crippen LogP contribution is -2.27. The third-order valence-electron chi connectivity index (χ3n) is 3.17. The molecule has 116 valence electrons. The van der Waals surface area contributed by atoms with Crippen molar-refractivity contribution in [1.82, 2.24) is 10.3 Å². The van der Waals surface area contributed by atoms with Crippen molar-refractivity contribution < 1.29 is 9.53 Å². The van der Waals surface area contributed by atoms with Gasteiger partial charge in [0.1, 0.15) is 5.69 Å². The average molecular weight is 299 g/mol. The van der Waals surface area contributed by atoms with Gasteiger partial charge in [-0.2, -0.15) is 0 Å². The van der Waals surface area contributed by atoms with Gasteiger partial charge in [-0.05, 0) is 24.1 Å².